The van der Waals surface area contributed by atoms with Crippen molar-refractivity contribution in [1.82, 2.24) is 19.7 Å². The van der Waals surface area contributed by atoms with Gasteiger partial charge in [0.25, 0.3) is 5.56 Å². The maximum Gasteiger partial charge on any atom is 0.287 e. The Balaban J connectivity index is 2.64. The van der Waals surface area contributed by atoms with E-state index in [2.05, 4.69) is 15.1 Å². The van der Waals surface area contributed by atoms with Crippen LogP contribution in [0.5, 0.6) is 0 Å². The lowest BCUT2D eigenvalue weighted by Gasteiger charge is -2.01. The van der Waals surface area contributed by atoms with Crippen molar-refractivity contribution in [2.24, 2.45) is 7.05 Å². The molecule has 0 amide bonds. The van der Waals surface area contributed by atoms with Crippen LogP contribution in [0.25, 0.3) is 11.4 Å². The number of rotatable bonds is 2. The van der Waals surface area contributed by atoms with E-state index in [9.17, 15) is 9.18 Å². The van der Waals surface area contributed by atoms with E-state index in [1.54, 1.807) is 17.9 Å². The number of halogens is 1. The largest absolute Gasteiger partial charge is 0.304 e. The number of H-pyrrole nitrogens is 1. The molecule has 0 aromatic carbocycles. The second-order valence-corrected chi connectivity index (χ2v) is 3.83. The van der Waals surface area contributed by atoms with Crippen molar-refractivity contribution in [2.75, 3.05) is 0 Å². The van der Waals surface area contributed by atoms with Gasteiger partial charge in [0.15, 0.2) is 0 Å². The fourth-order valence-corrected chi connectivity index (χ4v) is 1.69. The highest BCUT2D eigenvalue weighted by molar-refractivity contribution is 5.57. The minimum absolute atomic E-state index is 0.0923. The molecule has 0 unspecified atom stereocenters. The third-order valence-electron chi connectivity index (χ3n) is 2.52. The number of hydrogen-bond acceptors (Lipinski definition) is 3. The van der Waals surface area contributed by atoms with Crippen molar-refractivity contribution in [3.05, 3.63) is 33.8 Å². The number of nitrogens with one attached hydrogen (secondary N) is 1. The SMILES string of the molecule is CCc1nn(C)cc1-c1nc(C)c(F)c(=O)[nH]1. The molecular formula is C11H13FN4O. The summed E-state index contributed by atoms with van der Waals surface area (Å²) in [5.41, 5.74) is 0.893. The molecule has 90 valence electrons. The average molecular weight is 236 g/mol. The molecule has 0 spiro atoms. The monoisotopic (exact) mass is 236 g/mol. The Morgan fingerprint density at radius 1 is 1.53 bits per heavy atom. The molecule has 0 aliphatic carbocycles. The Kier molecular flexibility index (Phi) is 2.79. The van der Waals surface area contributed by atoms with Crippen LogP contribution in [0.4, 0.5) is 4.39 Å². The molecule has 17 heavy (non-hydrogen) atoms. The van der Waals surface area contributed by atoms with Gasteiger partial charge in [-0.3, -0.25) is 9.48 Å². The van der Waals surface area contributed by atoms with Crippen LogP contribution in [-0.4, -0.2) is 19.7 Å². The fourth-order valence-electron chi connectivity index (χ4n) is 1.69. The van der Waals surface area contributed by atoms with Crippen LogP contribution in [-0.2, 0) is 13.5 Å². The zero-order chi connectivity index (χ0) is 12.6. The van der Waals surface area contributed by atoms with Gasteiger partial charge >= 0.3 is 0 Å². The molecule has 2 heterocycles. The van der Waals surface area contributed by atoms with E-state index >= 15 is 0 Å². The van der Waals surface area contributed by atoms with Crippen molar-refractivity contribution >= 4 is 0 Å². The first kappa shape index (κ1) is 11.5. The maximum atomic E-state index is 13.2. The van der Waals surface area contributed by atoms with Crippen molar-refractivity contribution < 1.29 is 4.39 Å². The molecule has 0 atom stereocenters. The van der Waals surface area contributed by atoms with Gasteiger partial charge in [0.1, 0.15) is 5.82 Å². The molecule has 2 aromatic rings. The van der Waals surface area contributed by atoms with Crippen LogP contribution < -0.4 is 5.56 Å². The Labute approximate surface area is 97.3 Å². The van der Waals surface area contributed by atoms with E-state index in [0.717, 1.165) is 17.7 Å². The van der Waals surface area contributed by atoms with Crippen molar-refractivity contribution in [2.45, 2.75) is 20.3 Å². The van der Waals surface area contributed by atoms with Gasteiger partial charge in [0.05, 0.1) is 17.0 Å². The van der Waals surface area contributed by atoms with Crippen LogP contribution in [0, 0.1) is 12.7 Å². The summed E-state index contributed by atoms with van der Waals surface area (Å²) < 4.78 is 14.8. The Morgan fingerprint density at radius 2 is 2.24 bits per heavy atom. The molecule has 0 aliphatic heterocycles. The normalized spacial score (nSPS) is 10.8. The van der Waals surface area contributed by atoms with E-state index in [1.165, 1.54) is 6.92 Å². The Bertz CT molecular complexity index is 614. The molecule has 0 fully saturated rings. The van der Waals surface area contributed by atoms with Gasteiger partial charge < -0.3 is 4.98 Å². The lowest BCUT2D eigenvalue weighted by atomic mass is 10.2. The van der Waals surface area contributed by atoms with Crippen molar-refractivity contribution in [3.8, 4) is 11.4 Å². The zero-order valence-corrected chi connectivity index (χ0v) is 9.91. The van der Waals surface area contributed by atoms with E-state index in [0.29, 0.717) is 5.82 Å². The molecule has 0 saturated carbocycles. The number of aromatic amines is 1. The second-order valence-electron chi connectivity index (χ2n) is 3.83. The summed E-state index contributed by atoms with van der Waals surface area (Å²) in [5, 5.41) is 4.25. The van der Waals surface area contributed by atoms with Gasteiger partial charge in [0.2, 0.25) is 5.82 Å². The minimum Gasteiger partial charge on any atom is -0.304 e. The van der Waals surface area contributed by atoms with Crippen LogP contribution in [0.1, 0.15) is 18.3 Å². The van der Waals surface area contributed by atoms with Gasteiger partial charge in [-0.15, -0.1) is 0 Å². The van der Waals surface area contributed by atoms with Gasteiger partial charge in [0, 0.05) is 13.2 Å². The van der Waals surface area contributed by atoms with Gasteiger partial charge in [-0.1, -0.05) is 6.92 Å². The summed E-state index contributed by atoms with van der Waals surface area (Å²) >= 11 is 0. The molecule has 5 nitrogen and oxygen atoms in total. The van der Waals surface area contributed by atoms with Crippen LogP contribution in [0.15, 0.2) is 11.0 Å². The zero-order valence-electron chi connectivity index (χ0n) is 9.91. The first-order chi connectivity index (χ1) is 8.02. The van der Waals surface area contributed by atoms with Gasteiger partial charge in [-0.05, 0) is 13.3 Å². The molecule has 1 N–H and O–H groups in total. The van der Waals surface area contributed by atoms with Gasteiger partial charge in [-0.25, -0.2) is 4.98 Å². The smallest absolute Gasteiger partial charge is 0.287 e. The van der Waals surface area contributed by atoms with Crippen molar-refractivity contribution in [1.29, 1.82) is 0 Å². The summed E-state index contributed by atoms with van der Waals surface area (Å²) in [4.78, 5) is 17.8. The second kappa shape index (κ2) is 4.12. The standard InChI is InChI=1S/C11H13FN4O/c1-4-8-7(5-16(3)15-8)10-13-6(2)9(12)11(17)14-10/h5H,4H2,1-3H3,(H,13,14,17). The van der Waals surface area contributed by atoms with Crippen LogP contribution >= 0.6 is 0 Å². The van der Waals surface area contributed by atoms with Crippen LogP contribution in [0.2, 0.25) is 0 Å². The van der Waals surface area contributed by atoms with E-state index in [1.807, 2.05) is 6.92 Å². The summed E-state index contributed by atoms with van der Waals surface area (Å²) in [6.07, 6.45) is 2.48. The maximum absolute atomic E-state index is 13.2. The van der Waals surface area contributed by atoms with Crippen molar-refractivity contribution in [3.63, 3.8) is 0 Å². The lowest BCUT2D eigenvalue weighted by Crippen LogP contribution is -2.15. The topological polar surface area (TPSA) is 63.6 Å². The number of nitrogens with zero attached hydrogens (tertiary/aromatic N) is 3. The van der Waals surface area contributed by atoms with Gasteiger partial charge in [-0.2, -0.15) is 9.49 Å². The molecule has 0 radical (unpaired) electrons. The molecule has 2 aromatic heterocycles. The summed E-state index contributed by atoms with van der Waals surface area (Å²) in [6.45, 7) is 3.43. The quantitative estimate of drug-likeness (QED) is 0.851. The molecular weight excluding hydrogens is 223 g/mol. The fraction of sp³-hybridized carbons (Fsp3) is 0.364. The first-order valence-corrected chi connectivity index (χ1v) is 5.32. The molecule has 2 rings (SSSR count). The number of aromatic nitrogens is 4. The van der Waals surface area contributed by atoms with E-state index in [4.69, 9.17) is 0 Å². The predicted molar refractivity (Wildman–Crippen MR) is 61.1 cm³/mol. The summed E-state index contributed by atoms with van der Waals surface area (Å²) in [5.74, 6) is -0.477. The number of hydrogen-bond donors (Lipinski definition) is 1. The van der Waals surface area contributed by atoms with Crippen LogP contribution in [0.3, 0.4) is 0 Å². The van der Waals surface area contributed by atoms with E-state index in [-0.39, 0.29) is 5.69 Å². The average Bonchev–Trinajstić information content (AvgIpc) is 2.66. The third-order valence-corrected chi connectivity index (χ3v) is 2.52. The number of aryl methyl sites for hydroxylation is 3. The lowest BCUT2D eigenvalue weighted by molar-refractivity contribution is 0.589. The molecule has 6 heteroatoms. The molecule has 0 saturated heterocycles. The minimum atomic E-state index is -0.837. The third kappa shape index (κ3) is 1.98. The highest BCUT2D eigenvalue weighted by Crippen LogP contribution is 2.18. The molecule has 0 aliphatic rings. The summed E-state index contributed by atoms with van der Waals surface area (Å²) in [6, 6.07) is 0. The Morgan fingerprint density at radius 3 is 2.82 bits per heavy atom. The highest BCUT2D eigenvalue weighted by Gasteiger charge is 2.13. The highest BCUT2D eigenvalue weighted by atomic mass is 19.1. The predicted octanol–water partition coefficient (Wildman–Crippen LogP) is 1.18. The Hall–Kier alpha value is -1.98. The summed E-state index contributed by atoms with van der Waals surface area (Å²) in [7, 11) is 1.79. The molecule has 0 bridgehead atoms. The van der Waals surface area contributed by atoms with E-state index < -0.39 is 11.4 Å². The first-order valence-electron chi connectivity index (χ1n) is 5.32.